The van der Waals surface area contributed by atoms with Gasteiger partial charge in [0.1, 0.15) is 0 Å². The molecule has 1 aromatic carbocycles. The van der Waals surface area contributed by atoms with E-state index in [9.17, 15) is 10.1 Å². The summed E-state index contributed by atoms with van der Waals surface area (Å²) in [5.74, 6) is 0. The van der Waals surface area contributed by atoms with Gasteiger partial charge in [-0.3, -0.25) is 10.1 Å². The SMILES string of the molecule is CCCCCCc1ccc([N+](=O)[O-])c(S)c1. The molecular weight excluding hydrogens is 222 g/mol. The molecular formula is C12H17NO2S. The third kappa shape index (κ3) is 3.85. The van der Waals surface area contributed by atoms with Gasteiger partial charge in [-0.05, 0) is 24.5 Å². The van der Waals surface area contributed by atoms with Gasteiger partial charge in [0, 0.05) is 6.07 Å². The maximum atomic E-state index is 10.6. The molecule has 0 saturated carbocycles. The quantitative estimate of drug-likeness (QED) is 0.353. The lowest BCUT2D eigenvalue weighted by atomic mass is 10.1. The molecule has 4 heteroatoms. The van der Waals surface area contributed by atoms with Crippen LogP contribution in [-0.2, 0) is 6.42 Å². The number of nitro benzene ring substituents is 1. The third-order valence-corrected chi connectivity index (χ3v) is 2.91. The average molecular weight is 239 g/mol. The van der Waals surface area contributed by atoms with E-state index in [2.05, 4.69) is 19.6 Å². The normalized spacial score (nSPS) is 10.4. The number of unbranched alkanes of at least 4 members (excludes halogenated alkanes) is 3. The van der Waals surface area contributed by atoms with E-state index in [1.54, 1.807) is 6.07 Å². The van der Waals surface area contributed by atoms with Crippen LogP contribution in [0.25, 0.3) is 0 Å². The van der Waals surface area contributed by atoms with E-state index in [0.29, 0.717) is 4.90 Å². The van der Waals surface area contributed by atoms with E-state index >= 15 is 0 Å². The second kappa shape index (κ2) is 6.53. The minimum Gasteiger partial charge on any atom is -0.258 e. The molecule has 88 valence electrons. The maximum absolute atomic E-state index is 10.6. The van der Waals surface area contributed by atoms with Crippen molar-refractivity contribution in [1.29, 1.82) is 0 Å². The van der Waals surface area contributed by atoms with Crippen molar-refractivity contribution in [1.82, 2.24) is 0 Å². The molecule has 0 N–H and O–H groups in total. The molecule has 16 heavy (non-hydrogen) atoms. The fourth-order valence-electron chi connectivity index (χ4n) is 1.63. The first-order chi connectivity index (χ1) is 7.65. The molecule has 0 aliphatic carbocycles. The van der Waals surface area contributed by atoms with Crippen LogP contribution in [0.15, 0.2) is 23.1 Å². The van der Waals surface area contributed by atoms with Crippen molar-refractivity contribution in [2.24, 2.45) is 0 Å². The van der Waals surface area contributed by atoms with Crippen LogP contribution < -0.4 is 0 Å². The number of hydrogen-bond acceptors (Lipinski definition) is 3. The van der Waals surface area contributed by atoms with Gasteiger partial charge in [-0.15, -0.1) is 12.6 Å². The predicted octanol–water partition coefficient (Wildman–Crippen LogP) is 4.01. The van der Waals surface area contributed by atoms with Gasteiger partial charge < -0.3 is 0 Å². The summed E-state index contributed by atoms with van der Waals surface area (Å²) < 4.78 is 0. The zero-order valence-corrected chi connectivity index (χ0v) is 10.4. The van der Waals surface area contributed by atoms with Crippen LogP contribution in [0.4, 0.5) is 5.69 Å². The predicted molar refractivity (Wildman–Crippen MR) is 68.2 cm³/mol. The van der Waals surface area contributed by atoms with Crippen LogP contribution >= 0.6 is 12.6 Å². The van der Waals surface area contributed by atoms with Crippen molar-refractivity contribution in [2.45, 2.75) is 43.9 Å². The Morgan fingerprint density at radius 2 is 2.06 bits per heavy atom. The molecule has 0 unspecified atom stereocenters. The number of nitrogens with zero attached hydrogens (tertiary/aromatic N) is 1. The van der Waals surface area contributed by atoms with Crippen molar-refractivity contribution >= 4 is 18.3 Å². The van der Waals surface area contributed by atoms with Gasteiger partial charge in [-0.1, -0.05) is 32.3 Å². The Hall–Kier alpha value is -1.03. The molecule has 0 aromatic heterocycles. The van der Waals surface area contributed by atoms with Gasteiger partial charge in [0.05, 0.1) is 9.82 Å². The summed E-state index contributed by atoms with van der Waals surface area (Å²) in [6.07, 6.45) is 5.80. The number of rotatable bonds is 6. The Kier molecular flexibility index (Phi) is 5.32. The Labute approximate surface area is 101 Å². The van der Waals surface area contributed by atoms with Gasteiger partial charge in [0.2, 0.25) is 0 Å². The van der Waals surface area contributed by atoms with Gasteiger partial charge in [-0.2, -0.15) is 0 Å². The van der Waals surface area contributed by atoms with Crippen LogP contribution in [0.3, 0.4) is 0 Å². The molecule has 0 saturated heterocycles. The van der Waals surface area contributed by atoms with Crippen molar-refractivity contribution in [3.8, 4) is 0 Å². The molecule has 0 fully saturated rings. The van der Waals surface area contributed by atoms with Crippen LogP contribution in [0.2, 0.25) is 0 Å². The molecule has 0 amide bonds. The summed E-state index contributed by atoms with van der Waals surface area (Å²) in [6, 6.07) is 5.16. The summed E-state index contributed by atoms with van der Waals surface area (Å²) >= 11 is 4.13. The van der Waals surface area contributed by atoms with E-state index in [0.717, 1.165) is 18.4 Å². The minimum absolute atomic E-state index is 0.0839. The van der Waals surface area contributed by atoms with Crippen LogP contribution in [-0.4, -0.2) is 4.92 Å². The zero-order chi connectivity index (χ0) is 12.0. The molecule has 0 atom stereocenters. The number of aryl methyl sites for hydroxylation is 1. The molecule has 1 aromatic rings. The molecule has 0 radical (unpaired) electrons. The summed E-state index contributed by atoms with van der Waals surface area (Å²) in [4.78, 5) is 10.6. The van der Waals surface area contributed by atoms with E-state index in [1.807, 2.05) is 6.07 Å². The molecule has 0 spiro atoms. The second-order valence-electron chi connectivity index (χ2n) is 3.89. The van der Waals surface area contributed by atoms with Gasteiger partial charge in [0.15, 0.2) is 0 Å². The Bertz CT molecular complexity index is 366. The smallest absolute Gasteiger partial charge is 0.258 e. The largest absolute Gasteiger partial charge is 0.282 e. The third-order valence-electron chi connectivity index (χ3n) is 2.56. The summed E-state index contributed by atoms with van der Waals surface area (Å²) in [7, 11) is 0. The second-order valence-corrected chi connectivity index (χ2v) is 4.37. The number of nitro groups is 1. The highest BCUT2D eigenvalue weighted by molar-refractivity contribution is 7.80. The minimum atomic E-state index is -0.400. The zero-order valence-electron chi connectivity index (χ0n) is 9.48. The number of hydrogen-bond donors (Lipinski definition) is 1. The number of benzene rings is 1. The van der Waals surface area contributed by atoms with Crippen molar-refractivity contribution in [3.05, 3.63) is 33.9 Å². The summed E-state index contributed by atoms with van der Waals surface area (Å²) in [5.41, 5.74) is 1.22. The first kappa shape index (κ1) is 13.0. The maximum Gasteiger partial charge on any atom is 0.282 e. The van der Waals surface area contributed by atoms with E-state index in [-0.39, 0.29) is 5.69 Å². The topological polar surface area (TPSA) is 43.1 Å². The van der Waals surface area contributed by atoms with E-state index in [4.69, 9.17) is 0 Å². The summed E-state index contributed by atoms with van der Waals surface area (Å²) in [6.45, 7) is 2.18. The molecule has 3 nitrogen and oxygen atoms in total. The lowest BCUT2D eigenvalue weighted by molar-refractivity contribution is -0.387. The van der Waals surface area contributed by atoms with E-state index < -0.39 is 4.92 Å². The standard InChI is InChI=1S/C12H17NO2S/c1-2-3-4-5-6-10-7-8-11(13(14)15)12(16)9-10/h7-9,16H,2-6H2,1H3. The fraction of sp³-hybridized carbons (Fsp3) is 0.500. The van der Waals surface area contributed by atoms with Gasteiger partial charge in [-0.25, -0.2) is 0 Å². The monoisotopic (exact) mass is 239 g/mol. The molecule has 0 bridgehead atoms. The Morgan fingerprint density at radius 3 is 2.62 bits per heavy atom. The molecule has 0 aliphatic rings. The van der Waals surface area contributed by atoms with Crippen molar-refractivity contribution in [3.63, 3.8) is 0 Å². The highest BCUT2D eigenvalue weighted by Crippen LogP contribution is 2.24. The van der Waals surface area contributed by atoms with Gasteiger partial charge >= 0.3 is 0 Å². The highest BCUT2D eigenvalue weighted by Gasteiger charge is 2.10. The van der Waals surface area contributed by atoms with Crippen LogP contribution in [0.5, 0.6) is 0 Å². The van der Waals surface area contributed by atoms with Gasteiger partial charge in [0.25, 0.3) is 5.69 Å². The average Bonchev–Trinajstić information content (AvgIpc) is 2.24. The first-order valence-electron chi connectivity index (χ1n) is 5.61. The number of thiol groups is 1. The lowest BCUT2D eigenvalue weighted by Crippen LogP contribution is -1.92. The lowest BCUT2D eigenvalue weighted by Gasteiger charge is -2.02. The molecule has 0 aliphatic heterocycles. The van der Waals surface area contributed by atoms with Crippen LogP contribution in [0.1, 0.15) is 38.2 Å². The Morgan fingerprint density at radius 1 is 1.31 bits per heavy atom. The van der Waals surface area contributed by atoms with E-state index in [1.165, 1.54) is 25.3 Å². The summed E-state index contributed by atoms with van der Waals surface area (Å²) in [5, 5.41) is 10.6. The molecule has 1 rings (SSSR count). The Balaban J connectivity index is 2.56. The first-order valence-corrected chi connectivity index (χ1v) is 6.06. The van der Waals surface area contributed by atoms with Crippen molar-refractivity contribution in [2.75, 3.05) is 0 Å². The molecule has 0 heterocycles. The van der Waals surface area contributed by atoms with Crippen LogP contribution in [0, 0.1) is 10.1 Å². The highest BCUT2D eigenvalue weighted by atomic mass is 32.1. The fourth-order valence-corrected chi connectivity index (χ4v) is 1.96. The van der Waals surface area contributed by atoms with Crippen molar-refractivity contribution < 1.29 is 4.92 Å².